The summed E-state index contributed by atoms with van der Waals surface area (Å²) >= 11 is 0. The Morgan fingerprint density at radius 3 is 2.74 bits per heavy atom. The molecule has 1 amide bonds. The van der Waals surface area contributed by atoms with Crippen LogP contribution in [0.4, 0.5) is 0 Å². The molecule has 3 rings (SSSR count). The van der Waals surface area contributed by atoms with E-state index in [1.165, 1.54) is 12.8 Å². The third-order valence-electron chi connectivity index (χ3n) is 5.88. The number of amides is 1. The lowest BCUT2D eigenvalue weighted by atomic mass is 9.77. The van der Waals surface area contributed by atoms with Crippen molar-refractivity contribution in [3.8, 4) is 0 Å². The lowest BCUT2D eigenvalue weighted by molar-refractivity contribution is -0.136. The van der Waals surface area contributed by atoms with Crippen LogP contribution >= 0.6 is 24.8 Å². The number of nitrogens with zero attached hydrogens (tertiary/aromatic N) is 3. The van der Waals surface area contributed by atoms with Gasteiger partial charge in [-0.1, -0.05) is 19.4 Å². The first kappa shape index (κ1) is 24.2. The van der Waals surface area contributed by atoms with E-state index in [0.29, 0.717) is 17.9 Å². The largest absolute Gasteiger partial charge is 0.337 e. The van der Waals surface area contributed by atoms with Crippen LogP contribution in [0.15, 0.2) is 24.5 Å². The molecule has 2 fully saturated rings. The van der Waals surface area contributed by atoms with Crippen molar-refractivity contribution >= 4 is 30.7 Å². The molecule has 7 heteroatoms. The van der Waals surface area contributed by atoms with E-state index in [4.69, 9.17) is 0 Å². The maximum Gasteiger partial charge on any atom is 0.240 e. The summed E-state index contributed by atoms with van der Waals surface area (Å²) in [7, 11) is 2.13. The van der Waals surface area contributed by atoms with Crippen molar-refractivity contribution in [2.24, 2.45) is 5.41 Å². The SMILES string of the molecule is CCCCN(Cc1cccnc1)C(=O)C1CC2(CCNCC2)CN1C.Cl.Cl. The van der Waals surface area contributed by atoms with E-state index < -0.39 is 0 Å². The van der Waals surface area contributed by atoms with E-state index in [1.807, 2.05) is 12.3 Å². The summed E-state index contributed by atoms with van der Waals surface area (Å²) in [6.45, 7) is 6.92. The molecule has 27 heavy (non-hydrogen) atoms. The third-order valence-corrected chi connectivity index (χ3v) is 5.88. The molecule has 2 aliphatic rings. The highest BCUT2D eigenvalue weighted by molar-refractivity contribution is 5.85. The Bertz CT molecular complexity index is 566. The number of carbonyl (C=O) groups excluding carboxylic acids is 1. The fourth-order valence-electron chi connectivity index (χ4n) is 4.40. The second-order valence-electron chi connectivity index (χ2n) is 7.86. The average Bonchev–Trinajstić information content (AvgIpc) is 2.95. The first-order valence-corrected chi connectivity index (χ1v) is 9.72. The molecule has 1 spiro atoms. The molecule has 0 radical (unpaired) electrons. The summed E-state index contributed by atoms with van der Waals surface area (Å²) in [5.74, 6) is 0.301. The molecule has 3 heterocycles. The maximum atomic E-state index is 13.3. The van der Waals surface area contributed by atoms with Crippen molar-refractivity contribution in [2.45, 2.75) is 51.6 Å². The molecule has 0 saturated carbocycles. The molecule has 1 unspecified atom stereocenters. The van der Waals surface area contributed by atoms with Gasteiger partial charge in [-0.15, -0.1) is 24.8 Å². The Morgan fingerprint density at radius 1 is 1.37 bits per heavy atom. The van der Waals surface area contributed by atoms with E-state index in [-0.39, 0.29) is 30.9 Å². The number of unbranched alkanes of at least 4 members (excludes halogenated alkanes) is 1. The Kier molecular flexibility index (Phi) is 10.0. The summed E-state index contributed by atoms with van der Waals surface area (Å²) in [4.78, 5) is 21.9. The predicted molar refractivity (Wildman–Crippen MR) is 115 cm³/mol. The predicted octanol–water partition coefficient (Wildman–Crippen LogP) is 3.13. The van der Waals surface area contributed by atoms with Crippen LogP contribution in [-0.4, -0.2) is 60.0 Å². The fourth-order valence-corrected chi connectivity index (χ4v) is 4.40. The van der Waals surface area contributed by atoms with Gasteiger partial charge < -0.3 is 10.2 Å². The number of likely N-dealkylation sites (N-methyl/N-ethyl adjacent to an activating group) is 1. The highest BCUT2D eigenvalue weighted by atomic mass is 35.5. The van der Waals surface area contributed by atoms with Gasteiger partial charge in [-0.3, -0.25) is 14.7 Å². The number of nitrogens with one attached hydrogen (secondary N) is 1. The fraction of sp³-hybridized carbons (Fsp3) is 0.700. The standard InChI is InChI=1S/C20H32N4O.2ClH/c1-3-4-12-24(15-17-6-5-9-22-14-17)19(25)18-13-20(16-23(18)2)7-10-21-11-8-20;;/h5-6,9,14,18,21H,3-4,7-8,10-13,15-16H2,1-2H3;2*1H. The topological polar surface area (TPSA) is 48.5 Å². The summed E-state index contributed by atoms with van der Waals surface area (Å²) in [5, 5.41) is 3.46. The highest BCUT2D eigenvalue weighted by Crippen LogP contribution is 2.41. The molecule has 0 aromatic carbocycles. The van der Waals surface area contributed by atoms with Crippen molar-refractivity contribution in [2.75, 3.05) is 33.2 Å². The summed E-state index contributed by atoms with van der Waals surface area (Å²) in [6.07, 6.45) is 9.22. The van der Waals surface area contributed by atoms with Gasteiger partial charge in [0.1, 0.15) is 0 Å². The van der Waals surface area contributed by atoms with Crippen molar-refractivity contribution in [3.63, 3.8) is 0 Å². The molecule has 2 aliphatic heterocycles. The van der Waals surface area contributed by atoms with Gasteiger partial charge in [0.15, 0.2) is 0 Å². The zero-order valence-corrected chi connectivity index (χ0v) is 18.2. The number of halogens is 2. The minimum atomic E-state index is 0. The normalized spacial score (nSPS) is 21.3. The average molecular weight is 417 g/mol. The van der Waals surface area contributed by atoms with Crippen molar-refractivity contribution < 1.29 is 4.79 Å². The van der Waals surface area contributed by atoms with Gasteiger partial charge >= 0.3 is 0 Å². The molecule has 2 saturated heterocycles. The van der Waals surface area contributed by atoms with Crippen molar-refractivity contribution in [1.82, 2.24) is 20.1 Å². The molecular weight excluding hydrogens is 383 g/mol. The molecule has 1 atom stereocenters. The van der Waals surface area contributed by atoms with Crippen LogP contribution < -0.4 is 5.32 Å². The number of hydrogen-bond acceptors (Lipinski definition) is 4. The van der Waals surface area contributed by atoms with Gasteiger partial charge in [0.05, 0.1) is 6.04 Å². The number of piperidine rings is 1. The Balaban J connectivity index is 0.00000182. The Morgan fingerprint density at radius 2 is 2.11 bits per heavy atom. The van der Waals surface area contributed by atoms with Crippen LogP contribution in [0.1, 0.15) is 44.6 Å². The number of carbonyl (C=O) groups is 1. The van der Waals surface area contributed by atoms with E-state index in [9.17, 15) is 4.79 Å². The third kappa shape index (κ3) is 6.05. The molecule has 0 aliphatic carbocycles. The number of likely N-dealkylation sites (tertiary alicyclic amines) is 1. The zero-order chi connectivity index (χ0) is 17.7. The Labute approximate surface area is 176 Å². The zero-order valence-electron chi connectivity index (χ0n) is 16.5. The lowest BCUT2D eigenvalue weighted by Crippen LogP contribution is -2.44. The number of pyridine rings is 1. The molecule has 154 valence electrons. The number of hydrogen-bond donors (Lipinski definition) is 1. The van der Waals surface area contributed by atoms with Gasteiger partial charge in [-0.05, 0) is 62.9 Å². The van der Waals surface area contributed by atoms with Crippen LogP contribution in [0.25, 0.3) is 0 Å². The first-order chi connectivity index (χ1) is 12.1. The quantitative estimate of drug-likeness (QED) is 0.773. The maximum absolute atomic E-state index is 13.3. The van der Waals surface area contributed by atoms with Crippen LogP contribution in [0.3, 0.4) is 0 Å². The molecule has 1 N–H and O–H groups in total. The smallest absolute Gasteiger partial charge is 0.240 e. The van der Waals surface area contributed by atoms with Crippen molar-refractivity contribution in [1.29, 1.82) is 0 Å². The minimum Gasteiger partial charge on any atom is -0.337 e. The first-order valence-electron chi connectivity index (χ1n) is 9.72. The van der Waals surface area contributed by atoms with Crippen LogP contribution in [-0.2, 0) is 11.3 Å². The van der Waals surface area contributed by atoms with Crippen LogP contribution in [0, 0.1) is 5.41 Å². The van der Waals surface area contributed by atoms with E-state index in [1.54, 1.807) is 6.20 Å². The number of rotatable bonds is 6. The molecule has 1 aromatic rings. The van der Waals surface area contributed by atoms with Gasteiger partial charge in [0, 0.05) is 32.0 Å². The molecule has 1 aromatic heterocycles. The van der Waals surface area contributed by atoms with Crippen LogP contribution in [0.5, 0.6) is 0 Å². The molecule has 0 bridgehead atoms. The van der Waals surface area contributed by atoms with Gasteiger partial charge in [-0.25, -0.2) is 0 Å². The second kappa shape index (κ2) is 11.2. The van der Waals surface area contributed by atoms with E-state index in [2.05, 4.69) is 40.1 Å². The minimum absolute atomic E-state index is 0. The van der Waals surface area contributed by atoms with Gasteiger partial charge in [0.2, 0.25) is 5.91 Å². The van der Waals surface area contributed by atoms with E-state index >= 15 is 0 Å². The van der Waals surface area contributed by atoms with Gasteiger partial charge in [0.25, 0.3) is 0 Å². The summed E-state index contributed by atoms with van der Waals surface area (Å²) in [6, 6.07) is 4.04. The number of aromatic nitrogens is 1. The second-order valence-corrected chi connectivity index (χ2v) is 7.86. The van der Waals surface area contributed by atoms with Crippen LogP contribution in [0.2, 0.25) is 0 Å². The van der Waals surface area contributed by atoms with E-state index in [0.717, 1.165) is 51.0 Å². The lowest BCUT2D eigenvalue weighted by Gasteiger charge is -2.33. The summed E-state index contributed by atoms with van der Waals surface area (Å²) < 4.78 is 0. The van der Waals surface area contributed by atoms with Gasteiger partial charge in [-0.2, -0.15) is 0 Å². The van der Waals surface area contributed by atoms with Crippen molar-refractivity contribution in [3.05, 3.63) is 30.1 Å². The molecular formula is C20H34Cl2N4O. The monoisotopic (exact) mass is 416 g/mol. The highest BCUT2D eigenvalue weighted by Gasteiger charge is 2.46. The Hall–Kier alpha value is -0.880. The summed E-state index contributed by atoms with van der Waals surface area (Å²) in [5.41, 5.74) is 1.45. The molecule has 5 nitrogen and oxygen atoms in total.